The molecule has 120 valence electrons. The molecule has 0 bridgehead atoms. The summed E-state index contributed by atoms with van der Waals surface area (Å²) in [4.78, 5) is 23.4. The van der Waals surface area contributed by atoms with Gasteiger partial charge in [0.05, 0.1) is 13.0 Å². The number of ether oxygens (including phenoxy) is 2. The quantitative estimate of drug-likeness (QED) is 0.794. The lowest BCUT2D eigenvalue weighted by atomic mass is 9.70. The third kappa shape index (κ3) is 4.28. The predicted octanol–water partition coefficient (Wildman–Crippen LogP) is 2.73. The van der Waals surface area contributed by atoms with Crippen LogP contribution in [0.3, 0.4) is 0 Å². The zero-order valence-corrected chi connectivity index (χ0v) is 14.0. The number of alkyl carbamates (subject to hydrolysis) is 1. The van der Waals surface area contributed by atoms with Crippen molar-refractivity contribution in [1.82, 2.24) is 5.32 Å². The minimum atomic E-state index is -0.475. The van der Waals surface area contributed by atoms with E-state index in [-0.39, 0.29) is 28.8 Å². The van der Waals surface area contributed by atoms with E-state index in [0.29, 0.717) is 0 Å². The van der Waals surface area contributed by atoms with Gasteiger partial charge in [-0.05, 0) is 52.2 Å². The molecule has 1 amide bonds. The van der Waals surface area contributed by atoms with E-state index < -0.39 is 5.60 Å². The van der Waals surface area contributed by atoms with Crippen molar-refractivity contribution in [3.05, 3.63) is 0 Å². The molecule has 1 atom stereocenters. The molecule has 2 rings (SSSR count). The molecule has 1 saturated carbocycles. The van der Waals surface area contributed by atoms with Crippen LogP contribution in [0.1, 0.15) is 46.5 Å². The van der Waals surface area contributed by atoms with E-state index >= 15 is 0 Å². The molecule has 0 aromatic heterocycles. The molecular weight excluding hydrogens is 290 g/mol. The number of methoxy groups -OCH3 is 1. The van der Waals surface area contributed by atoms with Crippen LogP contribution >= 0.6 is 11.8 Å². The minimum absolute atomic E-state index is 0.0303. The van der Waals surface area contributed by atoms with Gasteiger partial charge < -0.3 is 14.8 Å². The highest BCUT2D eigenvalue weighted by molar-refractivity contribution is 8.00. The third-order valence-corrected chi connectivity index (χ3v) is 5.54. The van der Waals surface area contributed by atoms with Crippen LogP contribution in [0.4, 0.5) is 4.79 Å². The third-order valence-electron chi connectivity index (χ3n) is 3.99. The van der Waals surface area contributed by atoms with Crippen molar-refractivity contribution < 1.29 is 19.1 Å². The fourth-order valence-electron chi connectivity index (χ4n) is 3.08. The number of amides is 1. The maximum Gasteiger partial charge on any atom is 0.407 e. The topological polar surface area (TPSA) is 64.6 Å². The Balaban J connectivity index is 1.82. The molecule has 1 spiro atoms. The van der Waals surface area contributed by atoms with Crippen molar-refractivity contribution in [2.24, 2.45) is 5.92 Å². The second-order valence-corrected chi connectivity index (χ2v) is 8.56. The van der Waals surface area contributed by atoms with Crippen LogP contribution in [-0.2, 0) is 14.3 Å². The van der Waals surface area contributed by atoms with Crippen LogP contribution in [0.15, 0.2) is 0 Å². The van der Waals surface area contributed by atoms with Gasteiger partial charge in [0.1, 0.15) is 5.60 Å². The first-order chi connectivity index (χ1) is 9.73. The lowest BCUT2D eigenvalue weighted by Crippen LogP contribution is -2.53. The Morgan fingerprint density at radius 3 is 2.48 bits per heavy atom. The van der Waals surface area contributed by atoms with Crippen LogP contribution < -0.4 is 5.32 Å². The minimum Gasteiger partial charge on any atom is -0.469 e. The van der Waals surface area contributed by atoms with Gasteiger partial charge in [-0.25, -0.2) is 4.79 Å². The summed E-state index contributed by atoms with van der Waals surface area (Å²) in [6.07, 6.45) is 3.23. The molecular formula is C15H25NO4S. The molecule has 1 saturated heterocycles. The molecule has 0 aromatic rings. The Bertz CT molecular complexity index is 412. The van der Waals surface area contributed by atoms with Crippen molar-refractivity contribution in [3.8, 4) is 0 Å². The second-order valence-electron chi connectivity index (χ2n) is 7.00. The Morgan fingerprint density at radius 2 is 1.90 bits per heavy atom. The first kappa shape index (κ1) is 16.5. The van der Waals surface area contributed by atoms with Crippen LogP contribution in [0, 0.1) is 5.92 Å². The predicted molar refractivity (Wildman–Crippen MR) is 82.3 cm³/mol. The van der Waals surface area contributed by atoms with Gasteiger partial charge in [0.25, 0.3) is 0 Å². The van der Waals surface area contributed by atoms with E-state index in [2.05, 4.69) is 5.32 Å². The van der Waals surface area contributed by atoms with E-state index in [1.54, 1.807) is 0 Å². The van der Waals surface area contributed by atoms with Gasteiger partial charge in [-0.1, -0.05) is 0 Å². The SMILES string of the molecule is COC(=O)C1CC2(CC(NC(=O)OC(C)(C)C)CCS2)C1. The maximum atomic E-state index is 11.8. The van der Waals surface area contributed by atoms with Crippen molar-refractivity contribution in [2.75, 3.05) is 12.9 Å². The standard InChI is InChI=1S/C15H25NO4S/c1-14(2,3)20-13(18)16-11-5-6-21-15(9-11)7-10(8-15)12(17)19-4/h10-11H,5-9H2,1-4H3,(H,16,18). The van der Waals surface area contributed by atoms with Gasteiger partial charge in [-0.3, -0.25) is 4.79 Å². The normalized spacial score (nSPS) is 32.2. The highest BCUT2D eigenvalue weighted by atomic mass is 32.2. The first-order valence-electron chi connectivity index (χ1n) is 7.44. The van der Waals surface area contributed by atoms with Gasteiger partial charge in [-0.15, -0.1) is 0 Å². The van der Waals surface area contributed by atoms with E-state index in [9.17, 15) is 9.59 Å². The van der Waals surface area contributed by atoms with Crippen molar-refractivity contribution in [1.29, 1.82) is 0 Å². The summed E-state index contributed by atoms with van der Waals surface area (Å²) in [5, 5.41) is 2.97. The second kappa shape index (κ2) is 6.07. The molecule has 1 aliphatic carbocycles. The molecule has 21 heavy (non-hydrogen) atoms. The van der Waals surface area contributed by atoms with Crippen molar-refractivity contribution >= 4 is 23.8 Å². The van der Waals surface area contributed by atoms with E-state index in [1.807, 2.05) is 32.5 Å². The Labute approximate surface area is 130 Å². The summed E-state index contributed by atoms with van der Waals surface area (Å²) in [6, 6.07) is 0.139. The fraction of sp³-hybridized carbons (Fsp3) is 0.867. The summed E-state index contributed by atoms with van der Waals surface area (Å²) in [5.41, 5.74) is -0.475. The molecule has 1 N–H and O–H groups in total. The molecule has 0 radical (unpaired) electrons. The number of rotatable bonds is 2. The van der Waals surface area contributed by atoms with E-state index in [1.165, 1.54) is 7.11 Å². The van der Waals surface area contributed by atoms with Gasteiger partial charge in [0.15, 0.2) is 0 Å². The van der Waals surface area contributed by atoms with Crippen LogP contribution in [0.2, 0.25) is 0 Å². The van der Waals surface area contributed by atoms with Crippen LogP contribution in [-0.4, -0.2) is 41.3 Å². The summed E-state index contributed by atoms with van der Waals surface area (Å²) < 4.78 is 10.2. The van der Waals surface area contributed by atoms with Crippen molar-refractivity contribution in [3.63, 3.8) is 0 Å². The molecule has 2 fully saturated rings. The molecule has 1 aliphatic heterocycles. The van der Waals surface area contributed by atoms with Gasteiger partial charge in [0.2, 0.25) is 0 Å². The fourth-order valence-corrected chi connectivity index (χ4v) is 4.87. The highest BCUT2D eigenvalue weighted by Crippen LogP contribution is 2.53. The smallest absolute Gasteiger partial charge is 0.407 e. The average Bonchev–Trinajstić information content (AvgIpc) is 2.32. The van der Waals surface area contributed by atoms with Crippen LogP contribution in [0.25, 0.3) is 0 Å². The summed E-state index contributed by atoms with van der Waals surface area (Å²) in [7, 11) is 1.44. The Kier molecular flexibility index (Phi) is 4.76. The lowest BCUT2D eigenvalue weighted by molar-refractivity contribution is -0.149. The summed E-state index contributed by atoms with van der Waals surface area (Å²) >= 11 is 1.93. The number of thioether (sulfide) groups is 1. The van der Waals surface area contributed by atoms with Crippen LogP contribution in [0.5, 0.6) is 0 Å². The monoisotopic (exact) mass is 315 g/mol. The molecule has 1 unspecified atom stereocenters. The number of carbonyl (C=O) groups excluding carboxylic acids is 2. The van der Waals surface area contributed by atoms with E-state index in [4.69, 9.17) is 9.47 Å². The largest absolute Gasteiger partial charge is 0.469 e. The number of esters is 1. The number of hydrogen-bond acceptors (Lipinski definition) is 5. The van der Waals surface area contributed by atoms with Gasteiger partial charge >= 0.3 is 12.1 Å². The first-order valence-corrected chi connectivity index (χ1v) is 8.43. The molecule has 5 nitrogen and oxygen atoms in total. The van der Waals surface area contributed by atoms with Crippen molar-refractivity contribution in [2.45, 2.75) is 62.8 Å². The Morgan fingerprint density at radius 1 is 1.24 bits per heavy atom. The number of hydrogen-bond donors (Lipinski definition) is 1. The Hall–Kier alpha value is -0.910. The molecule has 1 heterocycles. The molecule has 0 aromatic carbocycles. The summed E-state index contributed by atoms with van der Waals surface area (Å²) in [6.45, 7) is 5.58. The number of carbonyl (C=O) groups is 2. The number of nitrogens with one attached hydrogen (secondary N) is 1. The maximum absolute atomic E-state index is 11.8. The van der Waals surface area contributed by atoms with Gasteiger partial charge in [-0.2, -0.15) is 11.8 Å². The van der Waals surface area contributed by atoms with Gasteiger partial charge in [0, 0.05) is 10.8 Å². The summed E-state index contributed by atoms with van der Waals surface area (Å²) in [5.74, 6) is 0.931. The van der Waals surface area contributed by atoms with E-state index in [0.717, 1.165) is 31.4 Å². The molecule has 2 aliphatic rings. The zero-order chi connectivity index (χ0) is 15.7. The zero-order valence-electron chi connectivity index (χ0n) is 13.2. The average molecular weight is 315 g/mol. The lowest BCUT2D eigenvalue weighted by Gasteiger charge is -2.50. The molecule has 6 heteroatoms. The highest BCUT2D eigenvalue weighted by Gasteiger charge is 2.50.